The van der Waals surface area contributed by atoms with Crippen molar-refractivity contribution in [3.05, 3.63) is 29.8 Å². The number of nitrogens with one attached hydrogen (secondary N) is 2. The number of urea groups is 1. The third-order valence-corrected chi connectivity index (χ3v) is 4.66. The van der Waals surface area contributed by atoms with E-state index in [-0.39, 0.29) is 11.7 Å². The Labute approximate surface area is 164 Å². The average Bonchev–Trinajstić information content (AvgIpc) is 3.01. The Hall–Kier alpha value is -2.35. The summed E-state index contributed by atoms with van der Waals surface area (Å²) < 4.78 is 2.02. The van der Waals surface area contributed by atoms with Crippen molar-refractivity contribution < 1.29 is 9.59 Å². The van der Waals surface area contributed by atoms with Crippen LogP contribution in [0.3, 0.4) is 0 Å². The zero-order valence-corrected chi connectivity index (χ0v) is 17.1. The van der Waals surface area contributed by atoms with E-state index in [1.165, 1.54) is 11.8 Å². The largest absolute Gasteiger partial charge is 0.338 e. The van der Waals surface area contributed by atoms with E-state index in [4.69, 9.17) is 0 Å². The van der Waals surface area contributed by atoms with E-state index >= 15 is 0 Å². The zero-order valence-electron chi connectivity index (χ0n) is 16.3. The van der Waals surface area contributed by atoms with Crippen LogP contribution < -0.4 is 10.6 Å². The Morgan fingerprint density at radius 2 is 2.04 bits per heavy atom. The van der Waals surface area contributed by atoms with Crippen molar-refractivity contribution in [3.8, 4) is 11.4 Å². The number of hydrogen-bond acceptors (Lipinski definition) is 5. The molecule has 2 rings (SSSR count). The lowest BCUT2D eigenvalue weighted by Crippen LogP contribution is -2.41. The number of carbonyl (C=O) groups is 2. The Morgan fingerprint density at radius 1 is 1.26 bits per heavy atom. The zero-order chi connectivity index (χ0) is 19.8. The van der Waals surface area contributed by atoms with Crippen molar-refractivity contribution >= 4 is 23.7 Å². The van der Waals surface area contributed by atoms with Crippen LogP contribution in [0, 0.1) is 12.8 Å². The molecule has 7 nitrogen and oxygen atoms in total. The number of benzene rings is 1. The highest BCUT2D eigenvalue weighted by Gasteiger charge is 2.16. The van der Waals surface area contributed by atoms with Gasteiger partial charge in [-0.25, -0.2) is 4.79 Å². The summed E-state index contributed by atoms with van der Waals surface area (Å²) in [5, 5.41) is 14.2. The number of amides is 3. The number of aryl methyl sites for hydroxylation is 1. The molecule has 146 valence electrons. The van der Waals surface area contributed by atoms with E-state index in [9.17, 15) is 9.59 Å². The minimum Gasteiger partial charge on any atom is -0.338 e. The topological polar surface area (TPSA) is 88.9 Å². The average molecular weight is 390 g/mol. The SMILES string of the molecule is CCCn1c(SCC(=O)NC(=O)NCC(C)C)nnc1-c1cccc(C)c1. The van der Waals surface area contributed by atoms with E-state index in [1.54, 1.807) is 0 Å². The van der Waals surface area contributed by atoms with Gasteiger partial charge in [0.05, 0.1) is 5.75 Å². The standard InChI is InChI=1S/C19H27N5O2S/c1-5-9-24-17(15-8-6-7-14(4)10-15)22-23-19(24)27-12-16(25)21-18(26)20-11-13(2)3/h6-8,10,13H,5,9,11-12H2,1-4H3,(H2,20,21,25,26). The monoisotopic (exact) mass is 389 g/mol. The fraction of sp³-hybridized carbons (Fsp3) is 0.474. The molecule has 0 spiro atoms. The molecule has 2 aromatic rings. The first kappa shape index (κ1) is 21.0. The number of hydrogen-bond donors (Lipinski definition) is 2. The predicted octanol–water partition coefficient (Wildman–Crippen LogP) is 3.24. The van der Waals surface area contributed by atoms with Crippen molar-refractivity contribution in [1.29, 1.82) is 0 Å². The number of thioether (sulfide) groups is 1. The van der Waals surface area contributed by atoms with Crippen LogP contribution in [0.15, 0.2) is 29.4 Å². The van der Waals surface area contributed by atoms with Gasteiger partial charge in [-0.1, -0.05) is 56.3 Å². The molecule has 0 saturated heterocycles. The second-order valence-electron chi connectivity index (χ2n) is 6.77. The summed E-state index contributed by atoms with van der Waals surface area (Å²) in [6, 6.07) is 7.63. The molecule has 1 heterocycles. The van der Waals surface area contributed by atoms with Crippen LogP contribution in [0.2, 0.25) is 0 Å². The van der Waals surface area contributed by atoms with Crippen molar-refractivity contribution in [2.75, 3.05) is 12.3 Å². The van der Waals surface area contributed by atoms with Crippen LogP contribution in [-0.4, -0.2) is 39.0 Å². The highest BCUT2D eigenvalue weighted by molar-refractivity contribution is 7.99. The number of rotatable bonds is 8. The molecule has 0 atom stereocenters. The maximum atomic E-state index is 12.0. The Balaban J connectivity index is 2.02. The molecule has 1 aromatic carbocycles. The van der Waals surface area contributed by atoms with Crippen molar-refractivity contribution in [2.45, 2.75) is 45.8 Å². The molecule has 0 aliphatic heterocycles. The van der Waals surface area contributed by atoms with E-state index < -0.39 is 6.03 Å². The highest BCUT2D eigenvalue weighted by Crippen LogP contribution is 2.24. The predicted molar refractivity (Wildman–Crippen MR) is 108 cm³/mol. The molecule has 27 heavy (non-hydrogen) atoms. The summed E-state index contributed by atoms with van der Waals surface area (Å²) in [6.07, 6.45) is 0.925. The Kier molecular flexibility index (Phi) is 7.84. The minimum atomic E-state index is -0.468. The van der Waals surface area contributed by atoms with Gasteiger partial charge in [0.1, 0.15) is 0 Å². The summed E-state index contributed by atoms with van der Waals surface area (Å²) in [5.41, 5.74) is 2.15. The molecule has 8 heteroatoms. The maximum Gasteiger partial charge on any atom is 0.321 e. The van der Waals surface area contributed by atoms with Gasteiger partial charge in [-0.2, -0.15) is 0 Å². The van der Waals surface area contributed by atoms with Crippen LogP contribution in [0.5, 0.6) is 0 Å². The van der Waals surface area contributed by atoms with Gasteiger partial charge in [0.2, 0.25) is 5.91 Å². The lowest BCUT2D eigenvalue weighted by molar-refractivity contribution is -0.117. The third-order valence-electron chi connectivity index (χ3n) is 3.70. The lowest BCUT2D eigenvalue weighted by atomic mass is 10.1. The fourth-order valence-electron chi connectivity index (χ4n) is 2.45. The van der Waals surface area contributed by atoms with Crippen molar-refractivity contribution in [3.63, 3.8) is 0 Å². The van der Waals surface area contributed by atoms with E-state index in [0.29, 0.717) is 17.6 Å². The van der Waals surface area contributed by atoms with E-state index in [1.807, 2.05) is 43.5 Å². The highest BCUT2D eigenvalue weighted by atomic mass is 32.2. The lowest BCUT2D eigenvalue weighted by Gasteiger charge is -2.10. The summed E-state index contributed by atoms with van der Waals surface area (Å²) in [4.78, 5) is 23.7. The summed E-state index contributed by atoms with van der Waals surface area (Å²) in [6.45, 7) is 9.38. The molecule has 1 aromatic heterocycles. The van der Waals surface area contributed by atoms with Gasteiger partial charge in [-0.05, 0) is 25.3 Å². The van der Waals surface area contributed by atoms with Gasteiger partial charge in [0, 0.05) is 18.7 Å². The first-order valence-electron chi connectivity index (χ1n) is 9.11. The Morgan fingerprint density at radius 3 is 2.70 bits per heavy atom. The first-order chi connectivity index (χ1) is 12.9. The van der Waals surface area contributed by atoms with Gasteiger partial charge in [-0.3, -0.25) is 10.1 Å². The van der Waals surface area contributed by atoms with Crippen LogP contribution >= 0.6 is 11.8 Å². The van der Waals surface area contributed by atoms with Gasteiger partial charge in [0.15, 0.2) is 11.0 Å². The molecule has 0 fully saturated rings. The van der Waals surface area contributed by atoms with Gasteiger partial charge < -0.3 is 9.88 Å². The van der Waals surface area contributed by atoms with Crippen LogP contribution in [0.4, 0.5) is 4.79 Å². The minimum absolute atomic E-state index is 0.102. The van der Waals surface area contributed by atoms with E-state index in [0.717, 1.165) is 29.9 Å². The van der Waals surface area contributed by atoms with Crippen LogP contribution in [0.25, 0.3) is 11.4 Å². The molecule has 0 unspecified atom stereocenters. The second-order valence-corrected chi connectivity index (χ2v) is 7.71. The summed E-state index contributed by atoms with van der Waals surface area (Å²) in [7, 11) is 0. The molecule has 0 aliphatic carbocycles. The number of nitrogens with zero attached hydrogens (tertiary/aromatic N) is 3. The quantitative estimate of drug-likeness (QED) is 0.677. The van der Waals surface area contributed by atoms with E-state index in [2.05, 4.69) is 33.8 Å². The summed E-state index contributed by atoms with van der Waals surface area (Å²) >= 11 is 1.28. The van der Waals surface area contributed by atoms with Gasteiger partial charge in [-0.15, -0.1) is 10.2 Å². The summed E-state index contributed by atoms with van der Waals surface area (Å²) in [5.74, 6) is 0.862. The Bertz CT molecular complexity index is 788. The first-order valence-corrected chi connectivity index (χ1v) is 10.1. The molecule has 0 radical (unpaired) electrons. The molecule has 2 N–H and O–H groups in total. The molecule has 3 amide bonds. The maximum absolute atomic E-state index is 12.0. The fourth-order valence-corrected chi connectivity index (χ4v) is 3.22. The van der Waals surface area contributed by atoms with Crippen molar-refractivity contribution in [2.24, 2.45) is 5.92 Å². The molecule has 0 saturated carbocycles. The molecular weight excluding hydrogens is 362 g/mol. The van der Waals surface area contributed by atoms with Gasteiger partial charge >= 0.3 is 6.03 Å². The third kappa shape index (κ3) is 6.39. The smallest absolute Gasteiger partial charge is 0.321 e. The molecule has 0 aliphatic rings. The van der Waals surface area contributed by atoms with Crippen molar-refractivity contribution in [1.82, 2.24) is 25.4 Å². The second kappa shape index (κ2) is 10.1. The van der Waals surface area contributed by atoms with Crippen LogP contribution in [0.1, 0.15) is 32.8 Å². The molecule has 0 bridgehead atoms. The number of imide groups is 1. The number of aromatic nitrogens is 3. The molecular formula is C19H27N5O2S. The normalized spacial score (nSPS) is 10.9. The van der Waals surface area contributed by atoms with Gasteiger partial charge in [0.25, 0.3) is 0 Å². The van der Waals surface area contributed by atoms with Crippen LogP contribution in [-0.2, 0) is 11.3 Å². The number of carbonyl (C=O) groups excluding carboxylic acids is 2.